The van der Waals surface area contributed by atoms with Crippen LogP contribution in [0.4, 0.5) is 4.79 Å². The first-order valence-electron chi connectivity index (χ1n) is 5.92. The molecule has 0 aromatic carbocycles. The van der Waals surface area contributed by atoms with Crippen LogP contribution >= 0.6 is 0 Å². The summed E-state index contributed by atoms with van der Waals surface area (Å²) in [5, 5.41) is 0. The summed E-state index contributed by atoms with van der Waals surface area (Å²) in [5.74, 6) is 0.732. The molecule has 1 aromatic rings. The van der Waals surface area contributed by atoms with Gasteiger partial charge >= 0.3 is 6.03 Å². The zero-order valence-corrected chi connectivity index (χ0v) is 10.3. The summed E-state index contributed by atoms with van der Waals surface area (Å²) in [7, 11) is 1.92. The number of carbonyl (C=O) groups excluding carboxylic acids is 1. The molecular formula is C12H20N3O+. The molecule has 4 heteroatoms. The fraction of sp³-hybridized carbons (Fsp3) is 0.667. The van der Waals surface area contributed by atoms with E-state index in [9.17, 15) is 4.79 Å². The van der Waals surface area contributed by atoms with E-state index in [0.717, 1.165) is 12.5 Å². The molecule has 0 N–H and O–H groups in total. The number of nitrogens with zero attached hydrogens (tertiary/aromatic N) is 3. The number of amides is 1. The maximum absolute atomic E-state index is 12.2. The highest BCUT2D eigenvalue weighted by Gasteiger charge is 2.30. The summed E-state index contributed by atoms with van der Waals surface area (Å²) in [6, 6.07) is 0.350. The highest BCUT2D eigenvalue weighted by molar-refractivity contribution is 5.76. The third kappa shape index (κ3) is 2.43. The molecular weight excluding hydrogens is 202 g/mol. The van der Waals surface area contributed by atoms with Crippen molar-refractivity contribution in [3.63, 3.8) is 0 Å². The van der Waals surface area contributed by atoms with E-state index in [0.29, 0.717) is 0 Å². The van der Waals surface area contributed by atoms with Crippen molar-refractivity contribution in [2.24, 2.45) is 13.0 Å². The molecule has 1 amide bonds. The highest BCUT2D eigenvalue weighted by Crippen LogP contribution is 2.30. The molecule has 2 rings (SSSR count). The fourth-order valence-corrected chi connectivity index (χ4v) is 1.80. The maximum Gasteiger partial charge on any atom is 0.416 e. The molecule has 1 heterocycles. The van der Waals surface area contributed by atoms with Crippen LogP contribution < -0.4 is 4.57 Å². The van der Waals surface area contributed by atoms with Gasteiger partial charge in [0.15, 0.2) is 0 Å². The van der Waals surface area contributed by atoms with Crippen molar-refractivity contribution in [2.45, 2.75) is 32.7 Å². The van der Waals surface area contributed by atoms with Crippen molar-refractivity contribution < 1.29 is 9.36 Å². The third-order valence-corrected chi connectivity index (χ3v) is 3.01. The summed E-state index contributed by atoms with van der Waals surface area (Å²) in [5.41, 5.74) is 0. The van der Waals surface area contributed by atoms with E-state index in [1.807, 2.05) is 35.2 Å². The van der Waals surface area contributed by atoms with Gasteiger partial charge in [-0.05, 0) is 32.6 Å². The number of rotatable bonds is 3. The van der Waals surface area contributed by atoms with E-state index in [4.69, 9.17) is 0 Å². The molecule has 0 bridgehead atoms. The minimum absolute atomic E-state index is 0.0856. The molecule has 0 saturated heterocycles. The Morgan fingerprint density at radius 2 is 2.25 bits per heavy atom. The molecule has 1 aliphatic carbocycles. The second-order valence-electron chi connectivity index (χ2n) is 4.96. The van der Waals surface area contributed by atoms with Gasteiger partial charge in [0.25, 0.3) is 6.33 Å². The summed E-state index contributed by atoms with van der Waals surface area (Å²) in [4.78, 5) is 14.2. The lowest BCUT2D eigenvalue weighted by atomic mass is 10.3. The van der Waals surface area contributed by atoms with Gasteiger partial charge in [-0.2, -0.15) is 4.57 Å². The number of imidazole rings is 1. The van der Waals surface area contributed by atoms with Crippen LogP contribution in [0.15, 0.2) is 18.7 Å². The number of aromatic nitrogens is 2. The first-order valence-corrected chi connectivity index (χ1v) is 5.92. The minimum atomic E-state index is 0.0856. The van der Waals surface area contributed by atoms with Crippen LogP contribution in [0.2, 0.25) is 0 Å². The fourth-order valence-electron chi connectivity index (χ4n) is 1.80. The lowest BCUT2D eigenvalue weighted by Crippen LogP contribution is -2.41. The molecule has 1 aromatic heterocycles. The Labute approximate surface area is 96.5 Å². The van der Waals surface area contributed by atoms with E-state index in [2.05, 4.69) is 13.8 Å². The van der Waals surface area contributed by atoms with Crippen LogP contribution in [0.5, 0.6) is 0 Å². The van der Waals surface area contributed by atoms with Crippen LogP contribution in [0, 0.1) is 5.92 Å². The third-order valence-electron chi connectivity index (χ3n) is 3.01. The number of hydrogen-bond donors (Lipinski definition) is 0. The van der Waals surface area contributed by atoms with E-state index in [1.54, 1.807) is 4.57 Å². The van der Waals surface area contributed by atoms with Gasteiger partial charge in [0.2, 0.25) is 0 Å². The first-order chi connectivity index (χ1) is 7.58. The lowest BCUT2D eigenvalue weighted by molar-refractivity contribution is -0.670. The average molecular weight is 222 g/mol. The molecule has 16 heavy (non-hydrogen) atoms. The quantitative estimate of drug-likeness (QED) is 0.711. The molecule has 1 aliphatic rings. The molecule has 0 unspecified atom stereocenters. The summed E-state index contributed by atoms with van der Waals surface area (Å²) < 4.78 is 3.54. The maximum atomic E-state index is 12.2. The molecule has 0 aliphatic heterocycles. The molecule has 0 atom stereocenters. The highest BCUT2D eigenvalue weighted by atomic mass is 16.2. The zero-order valence-electron chi connectivity index (χ0n) is 10.3. The van der Waals surface area contributed by atoms with Gasteiger partial charge < -0.3 is 4.90 Å². The molecule has 4 nitrogen and oxygen atoms in total. The Morgan fingerprint density at radius 1 is 1.56 bits per heavy atom. The first kappa shape index (κ1) is 11.2. The van der Waals surface area contributed by atoms with Gasteiger partial charge in [0.1, 0.15) is 12.4 Å². The van der Waals surface area contributed by atoms with Crippen molar-refractivity contribution in [2.75, 3.05) is 6.54 Å². The van der Waals surface area contributed by atoms with Crippen LogP contribution in [0.1, 0.15) is 26.7 Å². The smallest absolute Gasteiger partial charge is 0.302 e. The van der Waals surface area contributed by atoms with E-state index < -0.39 is 0 Å². The SMILES string of the molecule is CC(C)N(CC1CC1)C(=O)n1cc[n+](C)c1. The van der Waals surface area contributed by atoms with Gasteiger partial charge in [-0.25, -0.2) is 9.36 Å². The Kier molecular flexibility index (Phi) is 2.99. The number of hydrogen-bond acceptors (Lipinski definition) is 1. The van der Waals surface area contributed by atoms with Gasteiger partial charge in [-0.15, -0.1) is 0 Å². The van der Waals surface area contributed by atoms with Crippen molar-refractivity contribution in [3.05, 3.63) is 18.7 Å². The van der Waals surface area contributed by atoms with E-state index in [1.165, 1.54) is 12.8 Å². The van der Waals surface area contributed by atoms with E-state index in [-0.39, 0.29) is 12.1 Å². The normalized spacial score (nSPS) is 15.5. The van der Waals surface area contributed by atoms with Gasteiger partial charge in [0.05, 0.1) is 7.05 Å². The van der Waals surface area contributed by atoms with Crippen molar-refractivity contribution in [3.8, 4) is 0 Å². The predicted molar refractivity (Wildman–Crippen MR) is 61.0 cm³/mol. The van der Waals surface area contributed by atoms with Crippen LogP contribution in [-0.2, 0) is 7.05 Å². The number of carbonyl (C=O) groups is 1. The standard InChI is InChI=1S/C12H20N3O/c1-10(2)15(8-11-4-5-11)12(16)14-7-6-13(3)9-14/h6-7,9-11H,4-5,8H2,1-3H3/q+1. The summed E-state index contributed by atoms with van der Waals surface area (Å²) in [6.07, 6.45) is 8.05. The topological polar surface area (TPSA) is 29.1 Å². The van der Waals surface area contributed by atoms with E-state index >= 15 is 0 Å². The molecule has 1 fully saturated rings. The Morgan fingerprint density at radius 3 is 2.69 bits per heavy atom. The molecule has 88 valence electrons. The largest absolute Gasteiger partial charge is 0.416 e. The second-order valence-corrected chi connectivity index (χ2v) is 4.96. The zero-order chi connectivity index (χ0) is 11.7. The lowest BCUT2D eigenvalue weighted by Gasteiger charge is -2.23. The average Bonchev–Trinajstić information content (AvgIpc) is 2.95. The van der Waals surface area contributed by atoms with Gasteiger partial charge in [0, 0.05) is 12.6 Å². The Balaban J connectivity index is 2.09. The molecule has 0 radical (unpaired) electrons. The van der Waals surface area contributed by atoms with Crippen molar-refractivity contribution in [1.82, 2.24) is 9.47 Å². The Hall–Kier alpha value is -1.32. The minimum Gasteiger partial charge on any atom is -0.302 e. The number of aryl methyl sites for hydroxylation is 1. The van der Waals surface area contributed by atoms with Gasteiger partial charge in [-0.3, -0.25) is 0 Å². The second kappa shape index (κ2) is 4.28. The van der Waals surface area contributed by atoms with Crippen molar-refractivity contribution in [1.29, 1.82) is 0 Å². The monoisotopic (exact) mass is 222 g/mol. The molecule has 1 saturated carbocycles. The van der Waals surface area contributed by atoms with Crippen LogP contribution in [0.25, 0.3) is 0 Å². The predicted octanol–water partition coefficient (Wildman–Crippen LogP) is 1.40. The molecule has 0 spiro atoms. The van der Waals surface area contributed by atoms with Crippen molar-refractivity contribution >= 4 is 6.03 Å². The summed E-state index contributed by atoms with van der Waals surface area (Å²) in [6.45, 7) is 5.05. The summed E-state index contributed by atoms with van der Waals surface area (Å²) >= 11 is 0. The Bertz CT molecular complexity index is 379. The van der Waals surface area contributed by atoms with Crippen LogP contribution in [-0.4, -0.2) is 28.1 Å². The van der Waals surface area contributed by atoms with Gasteiger partial charge in [-0.1, -0.05) is 0 Å². The van der Waals surface area contributed by atoms with Crippen LogP contribution in [0.3, 0.4) is 0 Å².